The number of hydrogen-bond acceptors (Lipinski definition) is 6. The van der Waals surface area contributed by atoms with Crippen LogP contribution in [0.5, 0.6) is 5.75 Å². The second kappa shape index (κ2) is 10.9. The molecular formula is C28H27FN4O2S. The van der Waals surface area contributed by atoms with Gasteiger partial charge in [-0.3, -0.25) is 4.79 Å². The SMILES string of the molecule is COc1cccc(-c2csc(N(Cc3ccc(C(=O)N4CCNCC4)cc3)c3ccccc3F)n2)c1. The number of nitrogens with one attached hydrogen (secondary N) is 1. The standard InChI is InChI=1S/C28H27FN4O2S/c1-35-23-6-4-5-22(17-23)25-19-36-28(31-25)33(26-8-3-2-7-24(26)29)18-20-9-11-21(12-10-20)27(34)32-15-13-30-14-16-32/h2-12,17,19,30H,13-16,18H2,1H3. The summed E-state index contributed by atoms with van der Waals surface area (Å²) in [6.45, 7) is 3.46. The van der Waals surface area contributed by atoms with E-state index >= 15 is 0 Å². The lowest BCUT2D eigenvalue weighted by atomic mass is 10.1. The zero-order valence-electron chi connectivity index (χ0n) is 20.0. The summed E-state index contributed by atoms with van der Waals surface area (Å²) in [6, 6.07) is 22.0. The van der Waals surface area contributed by atoms with E-state index in [0.717, 1.165) is 35.7 Å². The lowest BCUT2D eigenvalue weighted by Crippen LogP contribution is -2.46. The minimum atomic E-state index is -0.318. The predicted molar refractivity (Wildman–Crippen MR) is 142 cm³/mol. The van der Waals surface area contributed by atoms with Crippen molar-refractivity contribution >= 4 is 28.1 Å². The molecule has 6 nitrogen and oxygen atoms in total. The van der Waals surface area contributed by atoms with Crippen molar-refractivity contribution in [3.05, 3.63) is 95.1 Å². The van der Waals surface area contributed by atoms with Gasteiger partial charge in [-0.25, -0.2) is 9.37 Å². The van der Waals surface area contributed by atoms with Crippen molar-refractivity contribution in [1.82, 2.24) is 15.2 Å². The molecule has 0 unspecified atom stereocenters. The van der Waals surface area contributed by atoms with E-state index in [1.807, 2.05) is 69.8 Å². The molecule has 1 saturated heterocycles. The highest BCUT2D eigenvalue weighted by Gasteiger charge is 2.20. The molecular weight excluding hydrogens is 475 g/mol. The first kappa shape index (κ1) is 24.0. The Hall–Kier alpha value is -3.75. The number of hydrogen-bond donors (Lipinski definition) is 1. The Morgan fingerprint density at radius 3 is 2.61 bits per heavy atom. The number of aromatic nitrogens is 1. The normalized spacial score (nSPS) is 13.4. The molecule has 1 N–H and O–H groups in total. The number of halogens is 1. The average Bonchev–Trinajstić information content (AvgIpc) is 3.43. The number of methoxy groups -OCH3 is 1. The number of para-hydroxylation sites is 1. The molecule has 1 aromatic heterocycles. The van der Waals surface area contributed by atoms with Gasteiger partial charge >= 0.3 is 0 Å². The molecule has 5 rings (SSSR count). The summed E-state index contributed by atoms with van der Waals surface area (Å²) in [7, 11) is 1.63. The van der Waals surface area contributed by atoms with E-state index in [-0.39, 0.29) is 11.7 Å². The summed E-state index contributed by atoms with van der Waals surface area (Å²) in [4.78, 5) is 21.4. The molecule has 0 spiro atoms. The Morgan fingerprint density at radius 1 is 1.08 bits per heavy atom. The van der Waals surface area contributed by atoms with Gasteiger partial charge < -0.3 is 19.9 Å². The molecule has 1 amide bonds. The number of amides is 1. The van der Waals surface area contributed by atoms with Crippen molar-refractivity contribution < 1.29 is 13.9 Å². The van der Waals surface area contributed by atoms with E-state index in [1.54, 1.807) is 19.2 Å². The number of piperazine rings is 1. The molecule has 0 bridgehead atoms. The van der Waals surface area contributed by atoms with Gasteiger partial charge in [-0.1, -0.05) is 36.4 Å². The summed E-state index contributed by atoms with van der Waals surface area (Å²) in [5, 5.41) is 5.91. The van der Waals surface area contributed by atoms with Crippen molar-refractivity contribution in [2.45, 2.75) is 6.54 Å². The second-order valence-corrected chi connectivity index (χ2v) is 9.36. The molecule has 0 saturated carbocycles. The largest absolute Gasteiger partial charge is 0.497 e. The van der Waals surface area contributed by atoms with Crippen LogP contribution in [0.4, 0.5) is 15.2 Å². The monoisotopic (exact) mass is 502 g/mol. The molecule has 0 atom stereocenters. The minimum absolute atomic E-state index is 0.0388. The maximum absolute atomic E-state index is 14.9. The second-order valence-electron chi connectivity index (χ2n) is 8.52. The Morgan fingerprint density at radius 2 is 1.86 bits per heavy atom. The van der Waals surface area contributed by atoms with Crippen molar-refractivity contribution in [2.75, 3.05) is 38.2 Å². The van der Waals surface area contributed by atoms with Crippen molar-refractivity contribution in [3.8, 4) is 17.0 Å². The first-order chi connectivity index (χ1) is 17.6. The van der Waals surface area contributed by atoms with Crippen LogP contribution in [0.15, 0.2) is 78.2 Å². The molecule has 1 fully saturated rings. The number of carbonyl (C=O) groups is 1. The van der Waals surface area contributed by atoms with Crippen LogP contribution in [0, 0.1) is 5.82 Å². The zero-order chi connectivity index (χ0) is 24.9. The molecule has 1 aliphatic rings. The number of anilines is 2. The van der Waals surface area contributed by atoms with Gasteiger partial charge in [0.15, 0.2) is 5.13 Å². The molecule has 184 valence electrons. The van der Waals surface area contributed by atoms with Crippen LogP contribution in [0.2, 0.25) is 0 Å². The molecule has 4 aromatic rings. The maximum atomic E-state index is 14.9. The van der Waals surface area contributed by atoms with E-state index in [0.29, 0.717) is 36.0 Å². The van der Waals surface area contributed by atoms with Gasteiger partial charge in [0.1, 0.15) is 11.6 Å². The third kappa shape index (κ3) is 5.24. The summed E-state index contributed by atoms with van der Waals surface area (Å²) in [5.41, 5.74) is 3.79. The number of nitrogens with zero attached hydrogens (tertiary/aromatic N) is 3. The smallest absolute Gasteiger partial charge is 0.253 e. The van der Waals surface area contributed by atoms with Crippen molar-refractivity contribution in [3.63, 3.8) is 0 Å². The van der Waals surface area contributed by atoms with Crippen molar-refractivity contribution in [2.24, 2.45) is 0 Å². The van der Waals surface area contributed by atoms with E-state index in [2.05, 4.69) is 5.32 Å². The van der Waals surface area contributed by atoms with Gasteiger partial charge in [-0.05, 0) is 42.0 Å². The Bertz CT molecular complexity index is 1340. The highest BCUT2D eigenvalue weighted by atomic mass is 32.1. The van der Waals surface area contributed by atoms with Crippen LogP contribution in [0.1, 0.15) is 15.9 Å². The lowest BCUT2D eigenvalue weighted by molar-refractivity contribution is 0.0736. The molecule has 3 aromatic carbocycles. The third-order valence-electron chi connectivity index (χ3n) is 6.18. The molecule has 0 radical (unpaired) electrons. The minimum Gasteiger partial charge on any atom is -0.497 e. The molecule has 36 heavy (non-hydrogen) atoms. The fraction of sp³-hybridized carbons (Fsp3) is 0.214. The first-order valence-electron chi connectivity index (χ1n) is 11.8. The maximum Gasteiger partial charge on any atom is 0.253 e. The van der Waals surface area contributed by atoms with Gasteiger partial charge in [0.2, 0.25) is 0 Å². The van der Waals surface area contributed by atoms with E-state index in [9.17, 15) is 9.18 Å². The van der Waals surface area contributed by atoms with Crippen LogP contribution in [0.25, 0.3) is 11.3 Å². The van der Waals surface area contributed by atoms with Crippen LogP contribution in [0.3, 0.4) is 0 Å². The fourth-order valence-corrected chi connectivity index (χ4v) is 5.06. The highest BCUT2D eigenvalue weighted by Crippen LogP contribution is 2.35. The number of rotatable bonds is 7. The number of ether oxygens (including phenoxy) is 1. The number of thiazole rings is 1. The Kier molecular flexibility index (Phi) is 7.25. The van der Waals surface area contributed by atoms with Crippen LogP contribution < -0.4 is 15.0 Å². The summed E-state index contributed by atoms with van der Waals surface area (Å²) in [5.74, 6) is 0.474. The summed E-state index contributed by atoms with van der Waals surface area (Å²) in [6.07, 6.45) is 0. The van der Waals surface area contributed by atoms with Gasteiger partial charge in [0.25, 0.3) is 5.91 Å². The Labute approximate surface area is 214 Å². The quantitative estimate of drug-likeness (QED) is 0.370. The number of benzene rings is 3. The van der Waals surface area contributed by atoms with Gasteiger partial charge in [-0.2, -0.15) is 0 Å². The van der Waals surface area contributed by atoms with Gasteiger partial charge in [-0.15, -0.1) is 11.3 Å². The molecule has 2 heterocycles. The lowest BCUT2D eigenvalue weighted by Gasteiger charge is -2.27. The topological polar surface area (TPSA) is 57.7 Å². The van der Waals surface area contributed by atoms with E-state index in [4.69, 9.17) is 9.72 Å². The molecule has 8 heteroatoms. The van der Waals surface area contributed by atoms with E-state index in [1.165, 1.54) is 17.4 Å². The zero-order valence-corrected chi connectivity index (χ0v) is 20.8. The predicted octanol–water partition coefficient (Wildman–Crippen LogP) is 5.34. The highest BCUT2D eigenvalue weighted by molar-refractivity contribution is 7.14. The van der Waals surface area contributed by atoms with Crippen LogP contribution in [-0.2, 0) is 6.54 Å². The van der Waals surface area contributed by atoms with E-state index < -0.39 is 0 Å². The summed E-state index contributed by atoms with van der Waals surface area (Å²) < 4.78 is 20.2. The fourth-order valence-electron chi connectivity index (χ4n) is 4.22. The van der Waals surface area contributed by atoms with Crippen molar-refractivity contribution in [1.29, 1.82) is 0 Å². The molecule has 0 aliphatic carbocycles. The molecule has 1 aliphatic heterocycles. The van der Waals surface area contributed by atoms with Crippen LogP contribution >= 0.6 is 11.3 Å². The number of carbonyl (C=O) groups excluding carboxylic acids is 1. The average molecular weight is 503 g/mol. The van der Waals surface area contributed by atoms with Crippen LogP contribution in [-0.4, -0.2) is 49.1 Å². The van der Waals surface area contributed by atoms with Gasteiger partial charge in [0.05, 0.1) is 25.0 Å². The summed E-state index contributed by atoms with van der Waals surface area (Å²) >= 11 is 1.46. The van der Waals surface area contributed by atoms with Gasteiger partial charge in [0, 0.05) is 42.7 Å². The Balaban J connectivity index is 1.42. The first-order valence-corrected chi connectivity index (χ1v) is 12.7. The third-order valence-corrected chi connectivity index (χ3v) is 7.04.